The average Bonchev–Trinajstić information content (AvgIpc) is 2.67. The molecule has 5 heteroatoms. The lowest BCUT2D eigenvalue weighted by atomic mass is 10.0. The summed E-state index contributed by atoms with van der Waals surface area (Å²) in [5.41, 5.74) is 1.52. The minimum Gasteiger partial charge on any atom is -0.490 e. The second-order valence-corrected chi connectivity index (χ2v) is 6.40. The van der Waals surface area contributed by atoms with Gasteiger partial charge >= 0.3 is 12.0 Å². The van der Waals surface area contributed by atoms with E-state index in [0.717, 1.165) is 24.8 Å². The first-order chi connectivity index (χ1) is 12.6. The third-order valence-corrected chi connectivity index (χ3v) is 4.31. The predicted molar refractivity (Wildman–Crippen MR) is 102 cm³/mol. The predicted octanol–water partition coefficient (Wildman–Crippen LogP) is 5.05. The topological polar surface area (TPSA) is 61.3 Å². The van der Waals surface area contributed by atoms with Gasteiger partial charge in [0.25, 0.3) is 0 Å². The van der Waals surface area contributed by atoms with Crippen LogP contribution in [0.5, 0.6) is 11.8 Å². The fraction of sp³-hybridized carbons (Fsp3) is 0.476. The Balaban J connectivity index is 2.00. The van der Waals surface area contributed by atoms with Crippen LogP contribution in [0.15, 0.2) is 36.5 Å². The van der Waals surface area contributed by atoms with E-state index < -0.39 is 0 Å². The zero-order valence-corrected chi connectivity index (χ0v) is 15.9. The molecule has 1 aromatic heterocycles. The van der Waals surface area contributed by atoms with Gasteiger partial charge in [-0.05, 0) is 19.3 Å². The van der Waals surface area contributed by atoms with Gasteiger partial charge in [-0.25, -0.2) is 0 Å². The summed E-state index contributed by atoms with van der Waals surface area (Å²) in [6, 6.07) is 9.73. The normalized spacial score (nSPS) is 11.8. The highest BCUT2D eigenvalue weighted by Gasteiger charge is 2.14. The molecule has 0 bridgehead atoms. The second-order valence-electron chi connectivity index (χ2n) is 6.40. The van der Waals surface area contributed by atoms with E-state index in [1.807, 2.05) is 37.3 Å². The summed E-state index contributed by atoms with van der Waals surface area (Å²) in [5.74, 6) is 0.985. The van der Waals surface area contributed by atoms with Gasteiger partial charge in [0.1, 0.15) is 5.69 Å². The summed E-state index contributed by atoms with van der Waals surface area (Å²) in [4.78, 5) is 20.6. The Morgan fingerprint density at radius 1 is 1.15 bits per heavy atom. The summed E-state index contributed by atoms with van der Waals surface area (Å²) < 4.78 is 10.9. The molecular weight excluding hydrogens is 328 g/mol. The molecule has 0 radical (unpaired) electrons. The van der Waals surface area contributed by atoms with Gasteiger partial charge in [0.2, 0.25) is 0 Å². The Labute approximate surface area is 155 Å². The molecule has 1 unspecified atom stereocenters. The van der Waals surface area contributed by atoms with Crippen molar-refractivity contribution in [1.82, 2.24) is 9.97 Å². The molecule has 1 aromatic carbocycles. The van der Waals surface area contributed by atoms with E-state index in [4.69, 9.17) is 9.47 Å². The number of hydrogen-bond acceptors (Lipinski definition) is 5. The van der Waals surface area contributed by atoms with Gasteiger partial charge in [0.15, 0.2) is 5.75 Å². The van der Waals surface area contributed by atoms with Crippen LogP contribution in [0.4, 0.5) is 0 Å². The molecule has 1 heterocycles. The molecule has 0 spiro atoms. The maximum Gasteiger partial charge on any atom is 0.325 e. The van der Waals surface area contributed by atoms with Crippen molar-refractivity contribution in [3.63, 3.8) is 0 Å². The third-order valence-electron chi connectivity index (χ3n) is 4.31. The molecule has 0 saturated carbocycles. The highest BCUT2D eigenvalue weighted by Crippen LogP contribution is 2.28. The lowest BCUT2D eigenvalue weighted by Gasteiger charge is -2.11. The Morgan fingerprint density at radius 2 is 1.92 bits per heavy atom. The fourth-order valence-electron chi connectivity index (χ4n) is 2.59. The Morgan fingerprint density at radius 3 is 2.62 bits per heavy atom. The number of unbranched alkanes of at least 4 members (excludes halogenated alkanes) is 1. The maximum absolute atomic E-state index is 12.1. The van der Waals surface area contributed by atoms with Crippen LogP contribution in [0, 0.1) is 5.92 Å². The molecule has 0 aliphatic carbocycles. The zero-order chi connectivity index (χ0) is 18.8. The largest absolute Gasteiger partial charge is 0.490 e. The molecule has 2 rings (SSSR count). The molecule has 0 fully saturated rings. The molecule has 0 amide bonds. The van der Waals surface area contributed by atoms with Crippen molar-refractivity contribution in [2.24, 2.45) is 5.92 Å². The smallest absolute Gasteiger partial charge is 0.325 e. The molecule has 2 aromatic rings. The van der Waals surface area contributed by atoms with Crippen molar-refractivity contribution in [1.29, 1.82) is 0 Å². The van der Waals surface area contributed by atoms with E-state index in [2.05, 4.69) is 23.8 Å². The number of benzene rings is 1. The van der Waals surface area contributed by atoms with Crippen molar-refractivity contribution in [2.45, 2.75) is 52.9 Å². The third kappa shape index (κ3) is 6.14. The van der Waals surface area contributed by atoms with Crippen LogP contribution in [0.2, 0.25) is 0 Å². The first-order valence-electron chi connectivity index (χ1n) is 9.40. The van der Waals surface area contributed by atoms with Gasteiger partial charge < -0.3 is 9.47 Å². The van der Waals surface area contributed by atoms with Gasteiger partial charge in [-0.1, -0.05) is 63.4 Å². The van der Waals surface area contributed by atoms with Gasteiger partial charge in [-0.2, -0.15) is 9.97 Å². The summed E-state index contributed by atoms with van der Waals surface area (Å²) in [7, 11) is 0. The summed E-state index contributed by atoms with van der Waals surface area (Å²) in [6.45, 7) is 6.84. The van der Waals surface area contributed by atoms with E-state index >= 15 is 0 Å². The van der Waals surface area contributed by atoms with E-state index in [1.165, 1.54) is 6.42 Å². The Bertz CT molecular complexity index is 689. The number of ether oxygens (including phenoxy) is 2. The maximum atomic E-state index is 12.1. The number of nitrogens with zero attached hydrogens (tertiary/aromatic N) is 2. The SMILES string of the molecule is CCOc1cnc(OC(=O)CCCCC(C)CC)nc1-c1ccccc1. The van der Waals surface area contributed by atoms with Crippen LogP contribution in [-0.4, -0.2) is 22.5 Å². The molecule has 140 valence electrons. The standard InChI is InChI=1S/C21H28N2O3/c1-4-16(3)11-9-10-14-19(24)26-21-22-15-18(25-5-2)20(23-21)17-12-7-6-8-13-17/h6-8,12-13,15-16H,4-5,9-11,14H2,1-3H3. The molecular formula is C21H28N2O3. The van der Waals surface area contributed by atoms with E-state index in [0.29, 0.717) is 30.4 Å². The summed E-state index contributed by atoms with van der Waals surface area (Å²) in [6.07, 6.45) is 6.11. The van der Waals surface area contributed by atoms with Crippen molar-refractivity contribution >= 4 is 5.97 Å². The van der Waals surface area contributed by atoms with Gasteiger partial charge in [0, 0.05) is 12.0 Å². The second kappa shape index (κ2) is 10.5. The van der Waals surface area contributed by atoms with Crippen molar-refractivity contribution in [3.05, 3.63) is 36.5 Å². The van der Waals surface area contributed by atoms with Crippen LogP contribution >= 0.6 is 0 Å². The number of esters is 1. The molecule has 0 saturated heterocycles. The van der Waals surface area contributed by atoms with Crippen molar-refractivity contribution < 1.29 is 14.3 Å². The number of rotatable bonds is 10. The van der Waals surface area contributed by atoms with Crippen molar-refractivity contribution in [2.75, 3.05) is 6.61 Å². The van der Waals surface area contributed by atoms with Crippen LogP contribution in [0.3, 0.4) is 0 Å². The Kier molecular flexibility index (Phi) is 8.06. The molecule has 0 N–H and O–H groups in total. The molecule has 26 heavy (non-hydrogen) atoms. The number of aromatic nitrogens is 2. The summed E-state index contributed by atoms with van der Waals surface area (Å²) in [5, 5.41) is 0. The van der Waals surface area contributed by atoms with Crippen LogP contribution in [-0.2, 0) is 4.79 Å². The number of hydrogen-bond donors (Lipinski definition) is 0. The zero-order valence-electron chi connectivity index (χ0n) is 15.9. The Hall–Kier alpha value is -2.43. The van der Waals surface area contributed by atoms with Crippen LogP contribution in [0.25, 0.3) is 11.3 Å². The fourth-order valence-corrected chi connectivity index (χ4v) is 2.59. The highest BCUT2D eigenvalue weighted by atomic mass is 16.5. The molecule has 1 atom stereocenters. The minimum atomic E-state index is -0.294. The average molecular weight is 356 g/mol. The van der Waals surface area contributed by atoms with Crippen LogP contribution < -0.4 is 9.47 Å². The molecule has 0 aliphatic rings. The first kappa shape index (κ1) is 19.9. The van der Waals surface area contributed by atoms with Crippen molar-refractivity contribution in [3.8, 4) is 23.0 Å². The minimum absolute atomic E-state index is 0.0687. The first-order valence-corrected chi connectivity index (χ1v) is 9.40. The lowest BCUT2D eigenvalue weighted by Crippen LogP contribution is -2.11. The number of carbonyl (C=O) groups excluding carboxylic acids is 1. The van der Waals surface area contributed by atoms with Gasteiger partial charge in [0.05, 0.1) is 12.8 Å². The van der Waals surface area contributed by atoms with Gasteiger partial charge in [-0.3, -0.25) is 4.79 Å². The van der Waals surface area contributed by atoms with Crippen LogP contribution in [0.1, 0.15) is 52.9 Å². The van der Waals surface area contributed by atoms with E-state index in [1.54, 1.807) is 6.20 Å². The monoisotopic (exact) mass is 356 g/mol. The molecule has 5 nitrogen and oxygen atoms in total. The molecule has 0 aliphatic heterocycles. The lowest BCUT2D eigenvalue weighted by molar-refractivity contribution is -0.135. The van der Waals surface area contributed by atoms with Gasteiger partial charge in [-0.15, -0.1) is 0 Å². The summed E-state index contributed by atoms with van der Waals surface area (Å²) >= 11 is 0. The number of carbonyl (C=O) groups is 1. The highest BCUT2D eigenvalue weighted by molar-refractivity contribution is 5.72. The quantitative estimate of drug-likeness (QED) is 0.440. The van der Waals surface area contributed by atoms with E-state index in [9.17, 15) is 4.79 Å². The van der Waals surface area contributed by atoms with E-state index in [-0.39, 0.29) is 12.0 Å².